The summed E-state index contributed by atoms with van der Waals surface area (Å²) < 4.78 is 10.1. The van der Waals surface area contributed by atoms with E-state index in [1.165, 1.54) is 0 Å². The SMILES string of the molecule is COCCOCCNC(=O)Cc1ccc(CN)cc1. The fraction of sp³-hybridized carbons (Fsp3) is 0.500. The number of hydrogen-bond donors (Lipinski definition) is 2. The van der Waals surface area contributed by atoms with E-state index in [-0.39, 0.29) is 5.91 Å². The summed E-state index contributed by atoms with van der Waals surface area (Å²) in [4.78, 5) is 11.6. The Morgan fingerprint density at radius 3 is 2.47 bits per heavy atom. The molecule has 0 spiro atoms. The van der Waals surface area contributed by atoms with E-state index in [1.54, 1.807) is 7.11 Å². The van der Waals surface area contributed by atoms with Crippen LogP contribution in [-0.4, -0.2) is 39.4 Å². The largest absolute Gasteiger partial charge is 0.382 e. The van der Waals surface area contributed by atoms with Crippen LogP contribution in [0.4, 0.5) is 0 Å². The van der Waals surface area contributed by atoms with Crippen LogP contribution in [0.2, 0.25) is 0 Å². The van der Waals surface area contributed by atoms with Crippen molar-refractivity contribution in [3.8, 4) is 0 Å². The third-order valence-electron chi connectivity index (χ3n) is 2.62. The minimum Gasteiger partial charge on any atom is -0.382 e. The van der Waals surface area contributed by atoms with Crippen LogP contribution in [-0.2, 0) is 27.2 Å². The first-order valence-corrected chi connectivity index (χ1v) is 6.37. The maximum Gasteiger partial charge on any atom is 0.224 e. The normalized spacial score (nSPS) is 10.4. The summed E-state index contributed by atoms with van der Waals surface area (Å²) in [6.45, 7) is 2.66. The molecular formula is C14H22N2O3. The zero-order valence-corrected chi connectivity index (χ0v) is 11.4. The molecule has 0 bridgehead atoms. The van der Waals surface area contributed by atoms with Crippen molar-refractivity contribution < 1.29 is 14.3 Å². The van der Waals surface area contributed by atoms with Crippen molar-refractivity contribution in [2.75, 3.05) is 33.5 Å². The molecule has 5 heteroatoms. The van der Waals surface area contributed by atoms with Crippen molar-refractivity contribution in [2.24, 2.45) is 5.73 Å². The average Bonchev–Trinajstić information content (AvgIpc) is 2.43. The number of methoxy groups -OCH3 is 1. The molecule has 1 aromatic rings. The Labute approximate surface area is 114 Å². The number of ether oxygens (including phenoxy) is 2. The number of nitrogens with one attached hydrogen (secondary N) is 1. The van der Waals surface area contributed by atoms with Crippen LogP contribution in [0.15, 0.2) is 24.3 Å². The van der Waals surface area contributed by atoms with E-state index in [4.69, 9.17) is 15.2 Å². The Hall–Kier alpha value is -1.43. The van der Waals surface area contributed by atoms with E-state index in [2.05, 4.69) is 5.32 Å². The zero-order chi connectivity index (χ0) is 13.9. The van der Waals surface area contributed by atoms with Crippen LogP contribution in [0.25, 0.3) is 0 Å². The highest BCUT2D eigenvalue weighted by Crippen LogP contribution is 2.04. The molecule has 106 valence electrons. The lowest BCUT2D eigenvalue weighted by atomic mass is 10.1. The van der Waals surface area contributed by atoms with Crippen LogP contribution >= 0.6 is 0 Å². The van der Waals surface area contributed by atoms with Crippen molar-refractivity contribution in [1.29, 1.82) is 0 Å². The molecule has 19 heavy (non-hydrogen) atoms. The quantitative estimate of drug-likeness (QED) is 0.637. The van der Waals surface area contributed by atoms with Gasteiger partial charge in [0.25, 0.3) is 0 Å². The summed E-state index contributed by atoms with van der Waals surface area (Å²) in [5, 5.41) is 2.81. The van der Waals surface area contributed by atoms with E-state index < -0.39 is 0 Å². The molecule has 0 saturated heterocycles. The highest BCUT2D eigenvalue weighted by Gasteiger charge is 2.02. The number of nitrogens with two attached hydrogens (primary N) is 1. The molecule has 0 fully saturated rings. The van der Waals surface area contributed by atoms with Gasteiger partial charge in [-0.2, -0.15) is 0 Å². The van der Waals surface area contributed by atoms with Gasteiger partial charge >= 0.3 is 0 Å². The Morgan fingerprint density at radius 2 is 1.84 bits per heavy atom. The van der Waals surface area contributed by atoms with Gasteiger partial charge in [0.05, 0.1) is 26.2 Å². The first-order chi connectivity index (χ1) is 9.26. The summed E-state index contributed by atoms with van der Waals surface area (Å²) in [5.41, 5.74) is 7.56. The predicted molar refractivity (Wildman–Crippen MR) is 73.7 cm³/mol. The van der Waals surface area contributed by atoms with Crippen molar-refractivity contribution in [3.05, 3.63) is 35.4 Å². The molecule has 0 aliphatic rings. The fourth-order valence-electron chi connectivity index (χ4n) is 1.55. The molecule has 1 rings (SSSR count). The standard InChI is InChI=1S/C14H22N2O3/c1-18-8-9-19-7-6-16-14(17)10-12-2-4-13(11-15)5-3-12/h2-5H,6-11,15H2,1H3,(H,16,17). The second-order valence-corrected chi connectivity index (χ2v) is 4.15. The minimum atomic E-state index is -0.00385. The summed E-state index contributed by atoms with van der Waals surface area (Å²) in [7, 11) is 1.63. The molecule has 0 atom stereocenters. The van der Waals surface area contributed by atoms with Crippen LogP contribution in [0.1, 0.15) is 11.1 Å². The number of carbonyl (C=O) groups excluding carboxylic acids is 1. The van der Waals surface area contributed by atoms with Gasteiger partial charge in [0, 0.05) is 20.2 Å². The number of amides is 1. The molecule has 0 unspecified atom stereocenters. The van der Waals surface area contributed by atoms with Gasteiger partial charge in [-0.15, -0.1) is 0 Å². The van der Waals surface area contributed by atoms with Gasteiger partial charge in [-0.25, -0.2) is 0 Å². The highest BCUT2D eigenvalue weighted by atomic mass is 16.5. The third kappa shape index (κ3) is 6.91. The molecule has 0 heterocycles. The summed E-state index contributed by atoms with van der Waals surface area (Å²) in [5.74, 6) is -0.00385. The van der Waals surface area contributed by atoms with Crippen molar-refractivity contribution in [1.82, 2.24) is 5.32 Å². The molecule has 0 aliphatic heterocycles. The Bertz CT molecular complexity index is 365. The lowest BCUT2D eigenvalue weighted by Gasteiger charge is -2.06. The average molecular weight is 266 g/mol. The zero-order valence-electron chi connectivity index (χ0n) is 11.4. The Morgan fingerprint density at radius 1 is 1.16 bits per heavy atom. The lowest BCUT2D eigenvalue weighted by molar-refractivity contribution is -0.120. The summed E-state index contributed by atoms with van der Waals surface area (Å²) in [6, 6.07) is 7.74. The van der Waals surface area contributed by atoms with Crippen molar-refractivity contribution >= 4 is 5.91 Å². The van der Waals surface area contributed by atoms with Crippen molar-refractivity contribution in [2.45, 2.75) is 13.0 Å². The van der Waals surface area contributed by atoms with Crippen LogP contribution < -0.4 is 11.1 Å². The molecule has 3 N–H and O–H groups in total. The lowest BCUT2D eigenvalue weighted by Crippen LogP contribution is -2.29. The molecule has 0 radical (unpaired) electrons. The Balaban J connectivity index is 2.16. The maximum absolute atomic E-state index is 11.6. The fourth-order valence-corrected chi connectivity index (χ4v) is 1.55. The van der Waals surface area contributed by atoms with Crippen LogP contribution in [0.3, 0.4) is 0 Å². The van der Waals surface area contributed by atoms with Crippen LogP contribution in [0, 0.1) is 0 Å². The van der Waals surface area contributed by atoms with Gasteiger partial charge in [0.15, 0.2) is 0 Å². The summed E-state index contributed by atoms with van der Waals surface area (Å²) >= 11 is 0. The molecule has 5 nitrogen and oxygen atoms in total. The van der Waals surface area contributed by atoms with Gasteiger partial charge in [-0.3, -0.25) is 4.79 Å². The van der Waals surface area contributed by atoms with E-state index in [1.807, 2.05) is 24.3 Å². The topological polar surface area (TPSA) is 73.6 Å². The predicted octanol–water partition coefficient (Wildman–Crippen LogP) is 0.467. The maximum atomic E-state index is 11.6. The number of carbonyl (C=O) groups is 1. The second kappa shape index (κ2) is 9.49. The van der Waals surface area contributed by atoms with Gasteiger partial charge in [-0.05, 0) is 11.1 Å². The molecule has 0 saturated carbocycles. The van der Waals surface area contributed by atoms with E-state index in [9.17, 15) is 4.79 Å². The third-order valence-corrected chi connectivity index (χ3v) is 2.62. The molecular weight excluding hydrogens is 244 g/mol. The molecule has 0 aromatic heterocycles. The highest BCUT2D eigenvalue weighted by molar-refractivity contribution is 5.78. The number of hydrogen-bond acceptors (Lipinski definition) is 4. The molecule has 1 amide bonds. The smallest absolute Gasteiger partial charge is 0.224 e. The first kappa shape index (κ1) is 15.6. The van der Waals surface area contributed by atoms with Gasteiger partial charge in [0.2, 0.25) is 5.91 Å². The van der Waals surface area contributed by atoms with E-state index in [0.29, 0.717) is 39.3 Å². The number of benzene rings is 1. The monoisotopic (exact) mass is 266 g/mol. The molecule has 0 aliphatic carbocycles. The van der Waals surface area contributed by atoms with Crippen LogP contribution in [0.5, 0.6) is 0 Å². The number of rotatable bonds is 9. The Kier molecular flexibility index (Phi) is 7.81. The van der Waals surface area contributed by atoms with E-state index in [0.717, 1.165) is 11.1 Å². The van der Waals surface area contributed by atoms with Gasteiger partial charge in [-0.1, -0.05) is 24.3 Å². The second-order valence-electron chi connectivity index (χ2n) is 4.15. The van der Waals surface area contributed by atoms with E-state index >= 15 is 0 Å². The van der Waals surface area contributed by atoms with Crippen molar-refractivity contribution in [3.63, 3.8) is 0 Å². The minimum absolute atomic E-state index is 0.00385. The molecule has 1 aromatic carbocycles. The van der Waals surface area contributed by atoms with Gasteiger partial charge in [0.1, 0.15) is 0 Å². The van der Waals surface area contributed by atoms with Gasteiger partial charge < -0.3 is 20.5 Å². The summed E-state index contributed by atoms with van der Waals surface area (Å²) in [6.07, 6.45) is 0.378. The first-order valence-electron chi connectivity index (χ1n) is 6.37.